The van der Waals surface area contributed by atoms with Crippen molar-refractivity contribution in [2.45, 2.75) is 50.5 Å². The van der Waals surface area contributed by atoms with Crippen molar-refractivity contribution in [1.82, 2.24) is 21.3 Å². The molecule has 25 heavy (non-hydrogen) atoms. The van der Waals surface area contributed by atoms with Gasteiger partial charge in [0, 0.05) is 11.6 Å². The van der Waals surface area contributed by atoms with Crippen LogP contribution in [0.1, 0.15) is 37.8 Å². The Morgan fingerprint density at radius 2 is 2.20 bits per heavy atom. The number of piperazine rings is 1. The second-order valence-electron chi connectivity index (χ2n) is 6.57. The molecule has 0 bridgehead atoms. The average molecular weight is 352 g/mol. The van der Waals surface area contributed by atoms with Gasteiger partial charge in [0.1, 0.15) is 11.6 Å². The molecule has 2 heterocycles. The monoisotopic (exact) mass is 352 g/mol. The smallest absolute Gasteiger partial charge is 0.238 e. The van der Waals surface area contributed by atoms with Gasteiger partial charge in [0.2, 0.25) is 11.8 Å². The van der Waals surface area contributed by atoms with Gasteiger partial charge in [-0.2, -0.15) is 0 Å². The Kier molecular flexibility index (Phi) is 5.29. The maximum Gasteiger partial charge on any atom is 0.238 e. The molecule has 0 radical (unpaired) electrons. The number of piperidine rings is 1. The predicted molar refractivity (Wildman–Crippen MR) is 87.4 cm³/mol. The molecule has 136 valence electrons. The predicted octanol–water partition coefficient (Wildman–Crippen LogP) is 0.698. The number of nitrogens with one attached hydrogen (secondary N) is 4. The molecule has 1 aromatic rings. The molecule has 2 fully saturated rings. The third kappa shape index (κ3) is 4.13. The highest BCUT2D eigenvalue weighted by molar-refractivity contribution is 5.89. The van der Waals surface area contributed by atoms with Gasteiger partial charge in [0.05, 0.1) is 30.7 Å². The minimum atomic E-state index is -0.712. The van der Waals surface area contributed by atoms with Gasteiger partial charge in [0.25, 0.3) is 0 Å². The Morgan fingerprint density at radius 1 is 1.40 bits per heavy atom. The highest BCUT2D eigenvalue weighted by Crippen LogP contribution is 2.18. The van der Waals surface area contributed by atoms with Gasteiger partial charge in [0.15, 0.2) is 0 Å². The van der Waals surface area contributed by atoms with E-state index in [4.69, 9.17) is 0 Å². The quantitative estimate of drug-likeness (QED) is 0.643. The van der Waals surface area contributed by atoms with Crippen molar-refractivity contribution in [3.8, 4) is 0 Å². The summed E-state index contributed by atoms with van der Waals surface area (Å²) in [6.07, 6.45) is 1.80. The van der Waals surface area contributed by atoms with Gasteiger partial charge in [-0.25, -0.2) is 8.78 Å². The number of amides is 2. The first-order valence-electron chi connectivity index (χ1n) is 8.48. The van der Waals surface area contributed by atoms with Crippen LogP contribution in [0.4, 0.5) is 8.78 Å². The zero-order valence-electron chi connectivity index (χ0n) is 13.9. The van der Waals surface area contributed by atoms with E-state index in [0.29, 0.717) is 0 Å². The topological polar surface area (TPSA) is 82.3 Å². The maximum atomic E-state index is 13.8. The fourth-order valence-corrected chi connectivity index (χ4v) is 3.36. The second kappa shape index (κ2) is 7.45. The molecule has 6 nitrogen and oxygen atoms in total. The lowest BCUT2D eigenvalue weighted by Gasteiger charge is -2.40. The summed E-state index contributed by atoms with van der Waals surface area (Å²) < 4.78 is 26.8. The molecule has 3 rings (SSSR count). The molecular weight excluding hydrogens is 330 g/mol. The molecule has 0 saturated carbocycles. The summed E-state index contributed by atoms with van der Waals surface area (Å²) in [5.74, 6) is -1.97. The molecule has 0 spiro atoms. The molecule has 2 aliphatic rings. The lowest BCUT2D eigenvalue weighted by molar-refractivity contribution is -0.131. The van der Waals surface area contributed by atoms with Crippen LogP contribution >= 0.6 is 0 Å². The van der Waals surface area contributed by atoms with E-state index in [1.54, 1.807) is 6.92 Å². The van der Waals surface area contributed by atoms with Gasteiger partial charge in [-0.1, -0.05) is 6.07 Å². The number of halogens is 2. The zero-order valence-corrected chi connectivity index (χ0v) is 13.9. The van der Waals surface area contributed by atoms with E-state index in [0.717, 1.165) is 31.5 Å². The number of carbonyl (C=O) groups excluding carboxylic acids is 2. The van der Waals surface area contributed by atoms with E-state index in [2.05, 4.69) is 21.3 Å². The largest absolute Gasteiger partial charge is 0.349 e. The highest BCUT2D eigenvalue weighted by atomic mass is 19.1. The molecule has 4 atom stereocenters. The van der Waals surface area contributed by atoms with E-state index in [1.807, 2.05) is 0 Å². The van der Waals surface area contributed by atoms with Gasteiger partial charge in [-0.05, 0) is 32.4 Å². The zero-order chi connectivity index (χ0) is 18.0. The molecule has 2 saturated heterocycles. The first kappa shape index (κ1) is 17.8. The fourth-order valence-electron chi connectivity index (χ4n) is 3.36. The van der Waals surface area contributed by atoms with Crippen LogP contribution in [0.2, 0.25) is 0 Å². The van der Waals surface area contributed by atoms with Crippen molar-refractivity contribution >= 4 is 11.8 Å². The molecular formula is C17H22F2N4O2. The first-order valence-corrected chi connectivity index (χ1v) is 8.48. The van der Waals surface area contributed by atoms with Crippen molar-refractivity contribution in [3.63, 3.8) is 0 Å². The van der Waals surface area contributed by atoms with Crippen LogP contribution in [-0.4, -0.2) is 36.6 Å². The van der Waals surface area contributed by atoms with Crippen molar-refractivity contribution in [3.05, 3.63) is 35.4 Å². The van der Waals surface area contributed by atoms with E-state index < -0.39 is 23.7 Å². The molecule has 4 N–H and O–H groups in total. The van der Waals surface area contributed by atoms with Crippen LogP contribution in [0.5, 0.6) is 0 Å². The van der Waals surface area contributed by atoms with E-state index in [9.17, 15) is 18.4 Å². The summed E-state index contributed by atoms with van der Waals surface area (Å²) in [6.45, 7) is 2.48. The van der Waals surface area contributed by atoms with Crippen LogP contribution in [0.25, 0.3) is 0 Å². The highest BCUT2D eigenvalue weighted by Gasteiger charge is 2.37. The Balaban J connectivity index is 1.57. The Morgan fingerprint density at radius 3 is 2.96 bits per heavy atom. The number of rotatable bonds is 4. The van der Waals surface area contributed by atoms with Crippen LogP contribution in [0.3, 0.4) is 0 Å². The first-order chi connectivity index (χ1) is 11.9. The third-order valence-electron chi connectivity index (χ3n) is 4.68. The minimum absolute atomic E-state index is 0.0350. The number of hydrogen-bond donors (Lipinski definition) is 4. The van der Waals surface area contributed by atoms with Gasteiger partial charge >= 0.3 is 0 Å². The fraction of sp³-hybridized carbons (Fsp3) is 0.529. The van der Waals surface area contributed by atoms with Crippen LogP contribution in [-0.2, 0) is 9.59 Å². The van der Waals surface area contributed by atoms with Gasteiger partial charge in [-0.15, -0.1) is 0 Å². The summed E-state index contributed by atoms with van der Waals surface area (Å²) in [6, 6.07) is 2.00. The van der Waals surface area contributed by atoms with Gasteiger partial charge in [-0.3, -0.25) is 14.9 Å². The minimum Gasteiger partial charge on any atom is -0.349 e. The van der Waals surface area contributed by atoms with E-state index in [1.165, 1.54) is 6.07 Å². The summed E-state index contributed by atoms with van der Waals surface area (Å²) >= 11 is 0. The number of fused-ring (bicyclic) bond motifs is 1. The third-order valence-corrected chi connectivity index (χ3v) is 4.68. The van der Waals surface area contributed by atoms with Gasteiger partial charge < -0.3 is 16.0 Å². The maximum absolute atomic E-state index is 13.8. The summed E-state index contributed by atoms with van der Waals surface area (Å²) in [4.78, 5) is 24.4. The van der Waals surface area contributed by atoms with Crippen molar-refractivity contribution in [2.75, 3.05) is 6.54 Å². The number of benzene rings is 1. The SMILES string of the molecule is C[C@H](NC(=O)C[C@H]1NC2NCCCC2NC1=O)c1ccc(F)cc1F. The summed E-state index contributed by atoms with van der Waals surface area (Å²) in [5, 5.41) is 12.0. The number of hydrogen-bond acceptors (Lipinski definition) is 4. The molecule has 0 aliphatic carbocycles. The Bertz CT molecular complexity index is 670. The van der Waals surface area contributed by atoms with Crippen molar-refractivity contribution in [2.24, 2.45) is 0 Å². The molecule has 2 unspecified atom stereocenters. The van der Waals surface area contributed by atoms with Crippen molar-refractivity contribution < 1.29 is 18.4 Å². The lowest BCUT2D eigenvalue weighted by atomic mass is 9.98. The normalized spacial score (nSPS) is 27.2. The van der Waals surface area contributed by atoms with Crippen LogP contribution < -0.4 is 21.3 Å². The molecule has 1 aromatic carbocycles. The van der Waals surface area contributed by atoms with Crippen LogP contribution in [0, 0.1) is 11.6 Å². The summed E-state index contributed by atoms with van der Waals surface area (Å²) in [7, 11) is 0. The molecule has 2 aliphatic heterocycles. The van der Waals surface area contributed by atoms with Crippen molar-refractivity contribution in [1.29, 1.82) is 0 Å². The number of carbonyl (C=O) groups is 2. The molecule has 0 aromatic heterocycles. The summed E-state index contributed by atoms with van der Waals surface area (Å²) in [5.41, 5.74) is 0.199. The lowest BCUT2D eigenvalue weighted by Crippen LogP contribution is -2.70. The average Bonchev–Trinajstić information content (AvgIpc) is 2.55. The van der Waals surface area contributed by atoms with Crippen LogP contribution in [0.15, 0.2) is 18.2 Å². The standard InChI is InChI=1S/C17H22F2N4O2/c1-9(11-5-4-10(18)7-12(11)19)21-15(24)8-14-17(25)23-13-3-2-6-20-16(13)22-14/h4-5,7,9,13-14,16,20,22H,2-3,6,8H2,1H3,(H,21,24)(H,23,25)/t9-,13?,14+,16?/m0/s1. The Labute approximate surface area is 144 Å². The Hall–Kier alpha value is -2.06. The molecule has 8 heteroatoms. The van der Waals surface area contributed by atoms with E-state index >= 15 is 0 Å². The second-order valence-corrected chi connectivity index (χ2v) is 6.57. The molecule has 2 amide bonds. The van der Waals surface area contributed by atoms with E-state index in [-0.39, 0.29) is 36.0 Å².